The average Bonchev–Trinajstić information content (AvgIpc) is 2.97. The number of rotatable bonds is 4. The molecule has 7 heteroatoms. The second kappa shape index (κ2) is 7.81. The standard InChI is InChI=1S/C22H16N2O4S/c25-16-10-8-14(9-11-16)12-19-21(27)24(22(28)29-19)13-20(26)23-18-7-3-5-15-4-1-2-6-17(15)18/h1-12,25H,13H2,(H,23,26)/b19-12-. The second-order valence-electron chi connectivity index (χ2n) is 6.43. The number of aromatic hydroxyl groups is 1. The normalized spacial score (nSPS) is 15.3. The summed E-state index contributed by atoms with van der Waals surface area (Å²) in [6.45, 7) is -0.360. The summed E-state index contributed by atoms with van der Waals surface area (Å²) in [6.07, 6.45) is 1.56. The zero-order valence-corrected chi connectivity index (χ0v) is 16.0. The molecule has 4 rings (SSSR count). The first-order valence-electron chi connectivity index (χ1n) is 8.83. The van der Waals surface area contributed by atoms with E-state index in [1.54, 1.807) is 24.3 Å². The van der Waals surface area contributed by atoms with Crippen molar-refractivity contribution < 1.29 is 19.5 Å². The van der Waals surface area contributed by atoms with Gasteiger partial charge >= 0.3 is 0 Å². The largest absolute Gasteiger partial charge is 0.508 e. The number of thioether (sulfide) groups is 1. The number of carbonyl (C=O) groups is 3. The van der Waals surface area contributed by atoms with Crippen LogP contribution in [0.2, 0.25) is 0 Å². The van der Waals surface area contributed by atoms with Gasteiger partial charge in [0.1, 0.15) is 12.3 Å². The number of nitrogens with zero attached hydrogens (tertiary/aromatic N) is 1. The fourth-order valence-electron chi connectivity index (χ4n) is 3.03. The molecule has 0 aromatic heterocycles. The van der Waals surface area contributed by atoms with Gasteiger partial charge < -0.3 is 10.4 Å². The highest BCUT2D eigenvalue weighted by molar-refractivity contribution is 8.18. The summed E-state index contributed by atoms with van der Waals surface area (Å²) in [5.41, 5.74) is 1.30. The quantitative estimate of drug-likeness (QED) is 0.636. The van der Waals surface area contributed by atoms with Crippen LogP contribution < -0.4 is 5.32 Å². The van der Waals surface area contributed by atoms with Crippen molar-refractivity contribution in [2.45, 2.75) is 0 Å². The minimum atomic E-state index is -0.513. The van der Waals surface area contributed by atoms with Gasteiger partial charge in [0, 0.05) is 11.1 Å². The molecule has 3 amide bonds. The molecule has 1 aliphatic heterocycles. The van der Waals surface area contributed by atoms with Gasteiger partial charge in [-0.2, -0.15) is 0 Å². The van der Waals surface area contributed by atoms with Crippen molar-refractivity contribution in [2.24, 2.45) is 0 Å². The lowest BCUT2D eigenvalue weighted by Gasteiger charge is -2.13. The van der Waals surface area contributed by atoms with Gasteiger partial charge in [0.15, 0.2) is 0 Å². The van der Waals surface area contributed by atoms with E-state index in [0.29, 0.717) is 11.3 Å². The van der Waals surface area contributed by atoms with E-state index >= 15 is 0 Å². The highest BCUT2D eigenvalue weighted by Gasteiger charge is 2.36. The predicted molar refractivity (Wildman–Crippen MR) is 113 cm³/mol. The molecule has 1 fully saturated rings. The Hall–Kier alpha value is -3.58. The molecule has 1 saturated heterocycles. The molecule has 1 aliphatic rings. The van der Waals surface area contributed by atoms with E-state index in [1.807, 2.05) is 36.4 Å². The first-order chi connectivity index (χ1) is 14.0. The zero-order chi connectivity index (χ0) is 20.4. The number of hydrogen-bond donors (Lipinski definition) is 2. The molecule has 0 aliphatic carbocycles. The minimum absolute atomic E-state index is 0.111. The Morgan fingerprint density at radius 3 is 2.52 bits per heavy atom. The maximum absolute atomic E-state index is 12.6. The molecule has 2 N–H and O–H groups in total. The van der Waals surface area contributed by atoms with Crippen LogP contribution in [0, 0.1) is 0 Å². The number of benzene rings is 3. The Bertz CT molecular complexity index is 1150. The van der Waals surface area contributed by atoms with Crippen molar-refractivity contribution in [3.05, 3.63) is 77.2 Å². The summed E-state index contributed by atoms with van der Waals surface area (Å²) in [5, 5.41) is 13.5. The number of fused-ring (bicyclic) bond motifs is 1. The Balaban J connectivity index is 1.48. The van der Waals surface area contributed by atoms with Gasteiger partial charge in [-0.3, -0.25) is 19.3 Å². The molecule has 0 unspecified atom stereocenters. The molecular formula is C22H16N2O4S. The third-order valence-corrected chi connectivity index (χ3v) is 5.34. The van der Waals surface area contributed by atoms with Crippen molar-refractivity contribution in [2.75, 3.05) is 11.9 Å². The summed E-state index contributed by atoms with van der Waals surface area (Å²) >= 11 is 0.788. The number of amides is 3. The SMILES string of the molecule is O=C(CN1C(=O)S/C(=C\c2ccc(O)cc2)C1=O)Nc1cccc2ccccc12. The van der Waals surface area contributed by atoms with Crippen LogP contribution in [0.1, 0.15) is 5.56 Å². The second-order valence-corrected chi connectivity index (χ2v) is 7.43. The van der Waals surface area contributed by atoms with Crippen molar-refractivity contribution in [3.63, 3.8) is 0 Å². The minimum Gasteiger partial charge on any atom is -0.508 e. The van der Waals surface area contributed by atoms with Gasteiger partial charge in [-0.05, 0) is 47.0 Å². The Kier molecular flexibility index (Phi) is 5.05. The van der Waals surface area contributed by atoms with Crippen molar-refractivity contribution in [1.29, 1.82) is 0 Å². The van der Waals surface area contributed by atoms with E-state index in [0.717, 1.165) is 27.4 Å². The fraction of sp³-hybridized carbons (Fsp3) is 0.0455. The summed E-state index contributed by atoms with van der Waals surface area (Å²) in [6, 6.07) is 19.4. The predicted octanol–water partition coefficient (Wildman–Crippen LogP) is 4.22. The maximum Gasteiger partial charge on any atom is 0.294 e. The monoisotopic (exact) mass is 404 g/mol. The van der Waals surface area contributed by atoms with E-state index in [-0.39, 0.29) is 17.2 Å². The molecule has 1 heterocycles. The van der Waals surface area contributed by atoms with Gasteiger partial charge in [0.05, 0.1) is 4.91 Å². The van der Waals surface area contributed by atoms with Crippen molar-refractivity contribution in [1.82, 2.24) is 4.90 Å². The van der Waals surface area contributed by atoms with Crippen LogP contribution in [0.3, 0.4) is 0 Å². The van der Waals surface area contributed by atoms with Crippen LogP contribution in [-0.2, 0) is 9.59 Å². The lowest BCUT2D eigenvalue weighted by atomic mass is 10.1. The lowest BCUT2D eigenvalue weighted by molar-refractivity contribution is -0.127. The molecule has 0 atom stereocenters. The third-order valence-electron chi connectivity index (χ3n) is 4.43. The summed E-state index contributed by atoms with van der Waals surface area (Å²) < 4.78 is 0. The lowest BCUT2D eigenvalue weighted by Crippen LogP contribution is -2.36. The van der Waals surface area contributed by atoms with Crippen LogP contribution >= 0.6 is 11.8 Å². The van der Waals surface area contributed by atoms with Crippen LogP contribution in [0.5, 0.6) is 5.75 Å². The van der Waals surface area contributed by atoms with E-state index < -0.39 is 17.1 Å². The molecule has 0 bridgehead atoms. The molecule has 0 radical (unpaired) electrons. The summed E-state index contributed by atoms with van der Waals surface area (Å²) in [4.78, 5) is 38.5. The number of phenols is 1. The molecular weight excluding hydrogens is 388 g/mol. The van der Waals surface area contributed by atoms with Crippen molar-refractivity contribution in [3.8, 4) is 5.75 Å². The van der Waals surface area contributed by atoms with Crippen LogP contribution in [0.15, 0.2) is 71.6 Å². The third kappa shape index (κ3) is 4.00. The first-order valence-corrected chi connectivity index (χ1v) is 9.65. The molecule has 29 heavy (non-hydrogen) atoms. The molecule has 144 valence electrons. The Labute approximate surface area is 170 Å². The van der Waals surface area contributed by atoms with E-state index in [2.05, 4.69) is 5.32 Å². The maximum atomic E-state index is 12.6. The number of nitrogens with one attached hydrogen (secondary N) is 1. The highest BCUT2D eigenvalue weighted by atomic mass is 32.2. The van der Waals surface area contributed by atoms with Crippen molar-refractivity contribution >= 4 is 51.4 Å². The number of carbonyl (C=O) groups excluding carboxylic acids is 3. The Morgan fingerprint density at radius 2 is 1.72 bits per heavy atom. The highest BCUT2D eigenvalue weighted by Crippen LogP contribution is 2.32. The zero-order valence-electron chi connectivity index (χ0n) is 15.2. The number of anilines is 1. The smallest absolute Gasteiger partial charge is 0.294 e. The van der Waals surface area contributed by atoms with Crippen LogP contribution in [-0.4, -0.2) is 33.6 Å². The van der Waals surface area contributed by atoms with Crippen LogP contribution in [0.4, 0.5) is 10.5 Å². The van der Waals surface area contributed by atoms with Gasteiger partial charge in [-0.25, -0.2) is 0 Å². The van der Waals surface area contributed by atoms with E-state index in [1.165, 1.54) is 12.1 Å². The number of hydrogen-bond acceptors (Lipinski definition) is 5. The number of imide groups is 1. The fourth-order valence-corrected chi connectivity index (χ4v) is 3.86. The van der Waals surface area contributed by atoms with Crippen LogP contribution in [0.25, 0.3) is 16.8 Å². The number of phenolic OH excluding ortho intramolecular Hbond substituents is 1. The molecule has 0 saturated carbocycles. The average molecular weight is 404 g/mol. The Morgan fingerprint density at radius 1 is 1.00 bits per heavy atom. The topological polar surface area (TPSA) is 86.7 Å². The summed E-state index contributed by atoms with van der Waals surface area (Å²) in [5.74, 6) is -0.851. The first kappa shape index (κ1) is 18.8. The molecule has 6 nitrogen and oxygen atoms in total. The molecule has 3 aromatic rings. The molecule has 3 aromatic carbocycles. The van der Waals surface area contributed by atoms with E-state index in [9.17, 15) is 19.5 Å². The van der Waals surface area contributed by atoms with Gasteiger partial charge in [-0.1, -0.05) is 48.5 Å². The van der Waals surface area contributed by atoms with Gasteiger partial charge in [0.2, 0.25) is 5.91 Å². The van der Waals surface area contributed by atoms with Gasteiger partial charge in [0.25, 0.3) is 11.1 Å². The van der Waals surface area contributed by atoms with Gasteiger partial charge in [-0.15, -0.1) is 0 Å². The summed E-state index contributed by atoms with van der Waals surface area (Å²) in [7, 11) is 0. The molecule has 0 spiro atoms. The van der Waals surface area contributed by atoms with E-state index in [4.69, 9.17) is 0 Å².